The predicted molar refractivity (Wildman–Crippen MR) is 68.3 cm³/mol. The van der Waals surface area contributed by atoms with Crippen LogP contribution in [-0.2, 0) is 4.74 Å². The maximum Gasteiger partial charge on any atom is 0.270 e. The zero-order chi connectivity index (χ0) is 13.0. The van der Waals surface area contributed by atoms with Crippen LogP contribution in [0.4, 0.5) is 0 Å². The molecule has 1 aromatic rings. The van der Waals surface area contributed by atoms with Crippen LogP contribution in [0.3, 0.4) is 0 Å². The van der Waals surface area contributed by atoms with Gasteiger partial charge in [-0.1, -0.05) is 6.07 Å². The Morgan fingerprint density at radius 2 is 2.22 bits per heavy atom. The van der Waals surface area contributed by atoms with Crippen LogP contribution in [-0.4, -0.2) is 36.2 Å². The number of aromatic nitrogens is 1. The van der Waals surface area contributed by atoms with Crippen LogP contribution in [0.2, 0.25) is 0 Å². The normalized spacial score (nSPS) is 18.3. The number of carbonyl (C=O) groups excluding carboxylic acids is 1. The SMILES string of the molecule is Cc1cccc(C(=O)NC2(CN)CCOCC2)n1. The van der Waals surface area contributed by atoms with Gasteiger partial charge in [0.15, 0.2) is 0 Å². The molecule has 1 aromatic heterocycles. The minimum atomic E-state index is -0.346. The number of rotatable bonds is 3. The number of hydrogen-bond donors (Lipinski definition) is 2. The fourth-order valence-electron chi connectivity index (χ4n) is 2.12. The number of nitrogens with two attached hydrogens (primary N) is 1. The Morgan fingerprint density at radius 3 is 2.83 bits per heavy atom. The minimum Gasteiger partial charge on any atom is -0.381 e. The second-order valence-electron chi connectivity index (χ2n) is 4.72. The fraction of sp³-hybridized carbons (Fsp3) is 0.538. The number of nitrogens with one attached hydrogen (secondary N) is 1. The van der Waals surface area contributed by atoms with Crippen molar-refractivity contribution < 1.29 is 9.53 Å². The molecule has 5 nitrogen and oxygen atoms in total. The van der Waals surface area contributed by atoms with Crippen molar-refractivity contribution in [2.45, 2.75) is 25.3 Å². The van der Waals surface area contributed by atoms with Crippen molar-refractivity contribution in [3.05, 3.63) is 29.6 Å². The van der Waals surface area contributed by atoms with E-state index in [1.807, 2.05) is 19.1 Å². The first-order valence-electron chi connectivity index (χ1n) is 6.19. The largest absolute Gasteiger partial charge is 0.381 e. The van der Waals surface area contributed by atoms with Crippen molar-refractivity contribution >= 4 is 5.91 Å². The molecule has 0 aromatic carbocycles. The molecule has 0 radical (unpaired) electrons. The Morgan fingerprint density at radius 1 is 1.50 bits per heavy atom. The van der Waals surface area contributed by atoms with Gasteiger partial charge in [-0.25, -0.2) is 4.98 Å². The summed E-state index contributed by atoms with van der Waals surface area (Å²) in [4.78, 5) is 16.4. The molecule has 1 aliphatic heterocycles. The molecule has 0 atom stereocenters. The lowest BCUT2D eigenvalue weighted by atomic mass is 9.90. The molecule has 18 heavy (non-hydrogen) atoms. The average Bonchev–Trinajstić information content (AvgIpc) is 2.40. The number of pyridine rings is 1. The van der Waals surface area contributed by atoms with E-state index in [0.717, 1.165) is 18.5 Å². The van der Waals surface area contributed by atoms with Crippen LogP contribution in [0, 0.1) is 6.92 Å². The summed E-state index contributed by atoms with van der Waals surface area (Å²) in [5.74, 6) is -0.161. The summed E-state index contributed by atoms with van der Waals surface area (Å²) >= 11 is 0. The van der Waals surface area contributed by atoms with Gasteiger partial charge in [-0.2, -0.15) is 0 Å². The Labute approximate surface area is 107 Å². The Balaban J connectivity index is 2.10. The van der Waals surface area contributed by atoms with Crippen molar-refractivity contribution in [1.29, 1.82) is 0 Å². The third-order valence-electron chi connectivity index (χ3n) is 3.34. The van der Waals surface area contributed by atoms with Gasteiger partial charge in [0.05, 0.1) is 5.54 Å². The molecule has 0 spiro atoms. The maximum atomic E-state index is 12.2. The maximum absolute atomic E-state index is 12.2. The Bertz CT molecular complexity index is 428. The van der Waals surface area contributed by atoms with Crippen LogP contribution in [0.1, 0.15) is 29.0 Å². The third-order valence-corrected chi connectivity index (χ3v) is 3.34. The monoisotopic (exact) mass is 249 g/mol. The van der Waals surface area contributed by atoms with E-state index < -0.39 is 0 Å². The summed E-state index contributed by atoms with van der Waals surface area (Å²) in [6.45, 7) is 3.56. The van der Waals surface area contributed by atoms with Crippen LogP contribution >= 0.6 is 0 Å². The molecule has 1 aliphatic rings. The van der Waals surface area contributed by atoms with Crippen molar-refractivity contribution in [2.24, 2.45) is 5.73 Å². The zero-order valence-electron chi connectivity index (χ0n) is 10.6. The van der Waals surface area contributed by atoms with E-state index >= 15 is 0 Å². The highest BCUT2D eigenvalue weighted by Gasteiger charge is 2.33. The van der Waals surface area contributed by atoms with Crippen molar-refractivity contribution in [3.63, 3.8) is 0 Å². The highest BCUT2D eigenvalue weighted by Crippen LogP contribution is 2.19. The summed E-state index contributed by atoms with van der Waals surface area (Å²) in [6, 6.07) is 5.41. The van der Waals surface area contributed by atoms with E-state index in [1.54, 1.807) is 6.07 Å². The highest BCUT2D eigenvalue weighted by atomic mass is 16.5. The van der Waals surface area contributed by atoms with Gasteiger partial charge in [0.1, 0.15) is 5.69 Å². The lowest BCUT2D eigenvalue weighted by Crippen LogP contribution is -2.56. The van der Waals surface area contributed by atoms with E-state index in [9.17, 15) is 4.79 Å². The molecule has 0 bridgehead atoms. The minimum absolute atomic E-state index is 0.161. The molecule has 1 fully saturated rings. The first kappa shape index (κ1) is 13.0. The standard InChI is InChI=1S/C13H19N3O2/c1-10-3-2-4-11(15-10)12(17)16-13(9-14)5-7-18-8-6-13/h2-4H,5-9,14H2,1H3,(H,16,17). The molecule has 5 heteroatoms. The molecule has 3 N–H and O–H groups in total. The van der Waals surface area contributed by atoms with Crippen LogP contribution in [0.15, 0.2) is 18.2 Å². The quantitative estimate of drug-likeness (QED) is 0.823. The molecule has 2 rings (SSSR count). The van der Waals surface area contributed by atoms with Gasteiger partial charge < -0.3 is 15.8 Å². The number of amides is 1. The summed E-state index contributed by atoms with van der Waals surface area (Å²) < 4.78 is 5.31. The number of hydrogen-bond acceptors (Lipinski definition) is 4. The van der Waals surface area contributed by atoms with Crippen LogP contribution in [0.25, 0.3) is 0 Å². The highest BCUT2D eigenvalue weighted by molar-refractivity contribution is 5.92. The van der Waals surface area contributed by atoms with Crippen LogP contribution < -0.4 is 11.1 Å². The van der Waals surface area contributed by atoms with Crippen molar-refractivity contribution in [2.75, 3.05) is 19.8 Å². The topological polar surface area (TPSA) is 77.2 Å². The van der Waals surface area contributed by atoms with E-state index in [0.29, 0.717) is 25.5 Å². The molecule has 1 amide bonds. The van der Waals surface area contributed by atoms with E-state index in [1.165, 1.54) is 0 Å². The predicted octanol–water partition coefficient (Wildman–Crippen LogP) is 0.628. The first-order chi connectivity index (χ1) is 8.65. The van der Waals surface area contributed by atoms with Crippen molar-refractivity contribution in [3.8, 4) is 0 Å². The fourth-order valence-corrected chi connectivity index (χ4v) is 2.12. The first-order valence-corrected chi connectivity index (χ1v) is 6.19. The summed E-state index contributed by atoms with van der Waals surface area (Å²) in [5, 5.41) is 3.02. The average molecular weight is 249 g/mol. The van der Waals surface area contributed by atoms with Gasteiger partial charge in [0.2, 0.25) is 0 Å². The smallest absolute Gasteiger partial charge is 0.270 e. The molecule has 1 saturated heterocycles. The Kier molecular flexibility index (Phi) is 3.93. The Hall–Kier alpha value is -1.46. The van der Waals surface area contributed by atoms with Gasteiger partial charge in [0.25, 0.3) is 5.91 Å². The zero-order valence-corrected chi connectivity index (χ0v) is 10.6. The second kappa shape index (κ2) is 5.46. The molecular formula is C13H19N3O2. The molecule has 0 unspecified atom stereocenters. The van der Waals surface area contributed by atoms with E-state index in [4.69, 9.17) is 10.5 Å². The van der Waals surface area contributed by atoms with Gasteiger partial charge in [-0.15, -0.1) is 0 Å². The second-order valence-corrected chi connectivity index (χ2v) is 4.72. The van der Waals surface area contributed by atoms with Gasteiger partial charge in [-0.05, 0) is 31.9 Å². The molecular weight excluding hydrogens is 230 g/mol. The molecule has 0 aliphatic carbocycles. The number of aryl methyl sites for hydroxylation is 1. The molecule has 0 saturated carbocycles. The lowest BCUT2D eigenvalue weighted by molar-refractivity contribution is 0.0387. The summed E-state index contributed by atoms with van der Waals surface area (Å²) in [6.07, 6.45) is 1.50. The number of nitrogens with zero attached hydrogens (tertiary/aromatic N) is 1. The summed E-state index contributed by atoms with van der Waals surface area (Å²) in [5.41, 5.74) is 6.73. The summed E-state index contributed by atoms with van der Waals surface area (Å²) in [7, 11) is 0. The van der Waals surface area contributed by atoms with Gasteiger partial charge in [-0.3, -0.25) is 4.79 Å². The van der Waals surface area contributed by atoms with Gasteiger partial charge in [0, 0.05) is 25.5 Å². The van der Waals surface area contributed by atoms with Gasteiger partial charge >= 0.3 is 0 Å². The number of ether oxygens (including phenoxy) is 1. The number of carbonyl (C=O) groups is 1. The van der Waals surface area contributed by atoms with E-state index in [2.05, 4.69) is 10.3 Å². The third kappa shape index (κ3) is 2.86. The van der Waals surface area contributed by atoms with Crippen LogP contribution in [0.5, 0.6) is 0 Å². The lowest BCUT2D eigenvalue weighted by Gasteiger charge is -2.36. The van der Waals surface area contributed by atoms with Crippen molar-refractivity contribution in [1.82, 2.24) is 10.3 Å². The van der Waals surface area contributed by atoms with E-state index in [-0.39, 0.29) is 11.4 Å². The molecule has 98 valence electrons. The molecule has 2 heterocycles.